The lowest BCUT2D eigenvalue weighted by Gasteiger charge is -2.23. The van der Waals surface area contributed by atoms with E-state index < -0.39 is 12.1 Å². The van der Waals surface area contributed by atoms with Crippen LogP contribution in [0, 0.1) is 11.3 Å². The predicted molar refractivity (Wildman–Crippen MR) is 112 cm³/mol. The molecule has 0 heterocycles. The molecule has 1 rings (SSSR count). The van der Waals surface area contributed by atoms with E-state index in [9.17, 15) is 9.59 Å². The summed E-state index contributed by atoms with van der Waals surface area (Å²) < 4.78 is 0. The minimum atomic E-state index is -0.626. The summed E-state index contributed by atoms with van der Waals surface area (Å²) in [6.45, 7) is 4.24. The van der Waals surface area contributed by atoms with Crippen LogP contribution < -0.4 is 22.1 Å². The van der Waals surface area contributed by atoms with E-state index in [0.29, 0.717) is 18.5 Å². The van der Waals surface area contributed by atoms with Crippen LogP contribution in [0.2, 0.25) is 0 Å². The van der Waals surface area contributed by atoms with Crippen molar-refractivity contribution < 1.29 is 9.59 Å². The smallest absolute Gasteiger partial charge is 0.242 e. The van der Waals surface area contributed by atoms with Crippen LogP contribution in [-0.2, 0) is 16.1 Å². The van der Waals surface area contributed by atoms with Crippen LogP contribution >= 0.6 is 11.8 Å². The predicted octanol–water partition coefficient (Wildman–Crippen LogP) is 1.20. The van der Waals surface area contributed by atoms with Crippen molar-refractivity contribution >= 4 is 29.4 Å². The maximum Gasteiger partial charge on any atom is 0.242 e. The third-order valence-corrected chi connectivity index (χ3v) is 5.18. The fourth-order valence-electron chi connectivity index (χ4n) is 2.40. The molecule has 0 fully saturated rings. The highest BCUT2D eigenvalue weighted by Gasteiger charge is 2.25. The Bertz CT molecular complexity index is 635. The Morgan fingerprint density at radius 1 is 1.22 bits per heavy atom. The van der Waals surface area contributed by atoms with Gasteiger partial charge < -0.3 is 22.1 Å². The third kappa shape index (κ3) is 7.60. The van der Waals surface area contributed by atoms with E-state index in [1.165, 1.54) is 0 Å². The van der Waals surface area contributed by atoms with Gasteiger partial charge in [0.2, 0.25) is 11.8 Å². The number of nitrogens with two attached hydrogens (primary N) is 2. The zero-order valence-electron chi connectivity index (χ0n) is 16.2. The van der Waals surface area contributed by atoms with Gasteiger partial charge in [-0.25, -0.2) is 0 Å². The summed E-state index contributed by atoms with van der Waals surface area (Å²) in [6, 6.07) is 5.86. The molecule has 0 saturated carbocycles. The maximum absolute atomic E-state index is 12.6. The Morgan fingerprint density at radius 2 is 1.85 bits per heavy atom. The molecule has 1 unspecified atom stereocenters. The van der Waals surface area contributed by atoms with Gasteiger partial charge >= 0.3 is 0 Å². The van der Waals surface area contributed by atoms with Crippen molar-refractivity contribution in [1.82, 2.24) is 10.6 Å². The van der Waals surface area contributed by atoms with Crippen LogP contribution in [-0.4, -0.2) is 41.7 Å². The molecule has 0 aliphatic rings. The summed E-state index contributed by atoms with van der Waals surface area (Å²) in [7, 11) is 0. The lowest BCUT2D eigenvalue weighted by atomic mass is 9.99. The van der Waals surface area contributed by atoms with Gasteiger partial charge in [-0.15, -0.1) is 0 Å². The molecule has 3 atom stereocenters. The number of carbonyl (C=O) groups is 2. The third-order valence-electron chi connectivity index (χ3n) is 4.54. The van der Waals surface area contributed by atoms with Crippen molar-refractivity contribution in [3.05, 3.63) is 35.4 Å². The van der Waals surface area contributed by atoms with Gasteiger partial charge in [-0.3, -0.25) is 15.0 Å². The number of amidine groups is 1. The molecule has 27 heavy (non-hydrogen) atoms. The number of hydrogen-bond donors (Lipinski definition) is 5. The molecule has 0 aromatic heterocycles. The Labute approximate surface area is 165 Å². The number of carbonyl (C=O) groups excluding carboxylic acids is 2. The summed E-state index contributed by atoms with van der Waals surface area (Å²) in [6.07, 6.45) is 3.29. The zero-order valence-corrected chi connectivity index (χ0v) is 17.1. The van der Waals surface area contributed by atoms with Crippen molar-refractivity contribution in [2.45, 2.75) is 45.3 Å². The first-order valence-electron chi connectivity index (χ1n) is 9.06. The highest BCUT2D eigenvalue weighted by atomic mass is 32.2. The normalized spacial score (nSPS) is 14.1. The standard InChI is InChI=1S/C19H31N5O2S/c1-4-12(2)16(20)19(26)24-15(9-10-27-3)18(25)23-11-13-5-7-14(8-6-13)17(21)22/h5-8,12,15-16H,4,9-11,20H2,1-3H3,(H3,21,22)(H,23,25)(H,24,26)/t12?,15-,16+/m0/s1. The first-order valence-corrected chi connectivity index (χ1v) is 10.4. The average molecular weight is 394 g/mol. The highest BCUT2D eigenvalue weighted by Crippen LogP contribution is 2.08. The van der Waals surface area contributed by atoms with Crippen molar-refractivity contribution in [3.63, 3.8) is 0 Å². The molecule has 0 radical (unpaired) electrons. The first kappa shape index (κ1) is 23.0. The number of benzene rings is 1. The molecule has 2 amide bonds. The van der Waals surface area contributed by atoms with E-state index >= 15 is 0 Å². The number of thioether (sulfide) groups is 1. The molecule has 0 saturated heterocycles. The maximum atomic E-state index is 12.6. The number of rotatable bonds is 11. The number of nitrogen functional groups attached to an aromatic ring is 1. The number of hydrogen-bond acceptors (Lipinski definition) is 5. The first-order chi connectivity index (χ1) is 12.8. The quantitative estimate of drug-likeness (QED) is 0.284. The summed E-state index contributed by atoms with van der Waals surface area (Å²) in [5.74, 6) is 0.280. The van der Waals surface area contributed by atoms with E-state index in [1.807, 2.05) is 32.2 Å². The second-order valence-corrected chi connectivity index (χ2v) is 7.57. The lowest BCUT2D eigenvalue weighted by molar-refractivity contribution is -0.130. The van der Waals surface area contributed by atoms with E-state index in [-0.39, 0.29) is 23.6 Å². The van der Waals surface area contributed by atoms with Crippen molar-refractivity contribution in [1.29, 1.82) is 5.41 Å². The molecule has 0 aliphatic carbocycles. The molecule has 1 aromatic carbocycles. The Kier molecular flexibility index (Phi) is 9.88. The molecular formula is C19H31N5O2S. The van der Waals surface area contributed by atoms with Gasteiger partial charge in [-0.05, 0) is 29.9 Å². The van der Waals surface area contributed by atoms with Gasteiger partial charge in [0.25, 0.3) is 0 Å². The second-order valence-electron chi connectivity index (χ2n) is 6.58. The van der Waals surface area contributed by atoms with Crippen LogP contribution in [0.15, 0.2) is 24.3 Å². The summed E-state index contributed by atoms with van der Waals surface area (Å²) in [4.78, 5) is 24.9. The molecule has 0 bridgehead atoms. The average Bonchev–Trinajstić information content (AvgIpc) is 2.67. The van der Waals surface area contributed by atoms with Gasteiger partial charge in [0.05, 0.1) is 6.04 Å². The van der Waals surface area contributed by atoms with E-state index in [2.05, 4.69) is 10.6 Å². The summed E-state index contributed by atoms with van der Waals surface area (Å²) in [5, 5.41) is 13.0. The molecule has 0 aliphatic heterocycles. The topological polar surface area (TPSA) is 134 Å². The summed E-state index contributed by atoms with van der Waals surface area (Å²) >= 11 is 1.62. The van der Waals surface area contributed by atoms with Gasteiger partial charge in [-0.2, -0.15) is 11.8 Å². The van der Waals surface area contributed by atoms with Crippen LogP contribution in [0.25, 0.3) is 0 Å². The van der Waals surface area contributed by atoms with Gasteiger partial charge in [-0.1, -0.05) is 44.5 Å². The minimum absolute atomic E-state index is 0.00285. The van der Waals surface area contributed by atoms with Crippen LogP contribution in [0.3, 0.4) is 0 Å². The van der Waals surface area contributed by atoms with E-state index in [0.717, 1.165) is 17.7 Å². The Balaban J connectivity index is 2.68. The molecule has 8 heteroatoms. The van der Waals surface area contributed by atoms with Crippen LogP contribution in [0.5, 0.6) is 0 Å². The molecule has 0 spiro atoms. The SMILES string of the molecule is CCC(C)[C@@H](N)C(=O)N[C@@H](CCSC)C(=O)NCc1ccc(C(=N)N)cc1. The van der Waals surface area contributed by atoms with Gasteiger partial charge in [0.1, 0.15) is 11.9 Å². The Hall–Kier alpha value is -2.06. The molecule has 7 N–H and O–H groups in total. The number of amides is 2. The fraction of sp³-hybridized carbons (Fsp3) is 0.526. The van der Waals surface area contributed by atoms with Crippen LogP contribution in [0.1, 0.15) is 37.8 Å². The summed E-state index contributed by atoms with van der Waals surface area (Å²) in [5.41, 5.74) is 12.9. The zero-order chi connectivity index (χ0) is 20.4. The van der Waals surface area contributed by atoms with Crippen LogP contribution in [0.4, 0.5) is 0 Å². The largest absolute Gasteiger partial charge is 0.384 e. The highest BCUT2D eigenvalue weighted by molar-refractivity contribution is 7.98. The van der Waals surface area contributed by atoms with Crippen molar-refractivity contribution in [2.75, 3.05) is 12.0 Å². The number of nitrogens with one attached hydrogen (secondary N) is 3. The molecule has 7 nitrogen and oxygen atoms in total. The van der Waals surface area contributed by atoms with E-state index in [4.69, 9.17) is 16.9 Å². The monoisotopic (exact) mass is 393 g/mol. The fourth-order valence-corrected chi connectivity index (χ4v) is 2.87. The Morgan fingerprint density at radius 3 is 2.37 bits per heavy atom. The lowest BCUT2D eigenvalue weighted by Crippen LogP contribution is -2.53. The van der Waals surface area contributed by atoms with Gasteiger partial charge in [0, 0.05) is 12.1 Å². The molecule has 1 aromatic rings. The van der Waals surface area contributed by atoms with Crippen molar-refractivity contribution in [3.8, 4) is 0 Å². The second kappa shape index (κ2) is 11.6. The molecule has 150 valence electrons. The molecular weight excluding hydrogens is 362 g/mol. The van der Waals surface area contributed by atoms with E-state index in [1.54, 1.807) is 23.9 Å². The van der Waals surface area contributed by atoms with Gasteiger partial charge in [0.15, 0.2) is 0 Å². The minimum Gasteiger partial charge on any atom is -0.384 e. The van der Waals surface area contributed by atoms with Crippen molar-refractivity contribution in [2.24, 2.45) is 17.4 Å².